The van der Waals surface area contributed by atoms with Crippen molar-refractivity contribution in [3.8, 4) is 0 Å². The van der Waals surface area contributed by atoms with Crippen molar-refractivity contribution in [1.29, 1.82) is 0 Å². The van der Waals surface area contributed by atoms with Crippen LogP contribution in [0.3, 0.4) is 0 Å². The SMILES string of the molecule is COC(=O)c1ccc(NC(=O)c2cnc(Nc3ccc(C)c(C)c3)cn2)cc1. The number of hydrogen-bond donors (Lipinski definition) is 2. The van der Waals surface area contributed by atoms with Gasteiger partial charge in [-0.05, 0) is 61.4 Å². The fourth-order valence-electron chi connectivity index (χ4n) is 2.48. The first-order valence-electron chi connectivity index (χ1n) is 8.62. The molecule has 0 aliphatic carbocycles. The summed E-state index contributed by atoms with van der Waals surface area (Å²) in [5, 5.41) is 5.87. The normalized spacial score (nSPS) is 10.2. The molecule has 0 unspecified atom stereocenters. The van der Waals surface area contributed by atoms with Crippen LogP contribution in [-0.4, -0.2) is 29.0 Å². The molecule has 2 aromatic carbocycles. The fraction of sp³-hybridized carbons (Fsp3) is 0.143. The summed E-state index contributed by atoms with van der Waals surface area (Å²) in [6.07, 6.45) is 2.91. The molecule has 0 spiro atoms. The molecular formula is C21H20N4O3. The van der Waals surface area contributed by atoms with Gasteiger partial charge in [0, 0.05) is 11.4 Å². The molecule has 1 heterocycles. The van der Waals surface area contributed by atoms with E-state index in [-0.39, 0.29) is 5.69 Å². The third-order valence-electron chi connectivity index (χ3n) is 4.23. The first-order valence-corrected chi connectivity index (χ1v) is 8.62. The van der Waals surface area contributed by atoms with Crippen LogP contribution in [0.5, 0.6) is 0 Å². The Morgan fingerprint density at radius 1 is 0.893 bits per heavy atom. The number of nitrogens with zero attached hydrogens (tertiary/aromatic N) is 2. The first-order chi connectivity index (χ1) is 13.5. The lowest BCUT2D eigenvalue weighted by molar-refractivity contribution is 0.0600. The summed E-state index contributed by atoms with van der Waals surface area (Å²) < 4.78 is 4.64. The number of nitrogens with one attached hydrogen (secondary N) is 2. The van der Waals surface area contributed by atoms with Crippen LogP contribution in [0.1, 0.15) is 32.0 Å². The van der Waals surface area contributed by atoms with E-state index in [1.807, 2.05) is 25.1 Å². The second-order valence-electron chi connectivity index (χ2n) is 6.23. The lowest BCUT2D eigenvalue weighted by Crippen LogP contribution is -2.14. The highest BCUT2D eigenvalue weighted by molar-refractivity contribution is 6.03. The van der Waals surface area contributed by atoms with E-state index in [0.717, 1.165) is 5.69 Å². The van der Waals surface area contributed by atoms with Gasteiger partial charge in [0.1, 0.15) is 11.5 Å². The summed E-state index contributed by atoms with van der Waals surface area (Å²) in [6, 6.07) is 12.4. The smallest absolute Gasteiger partial charge is 0.337 e. The number of hydrogen-bond acceptors (Lipinski definition) is 6. The molecular weight excluding hydrogens is 356 g/mol. The maximum Gasteiger partial charge on any atom is 0.337 e. The average Bonchev–Trinajstić information content (AvgIpc) is 2.71. The number of amides is 1. The van der Waals surface area contributed by atoms with Gasteiger partial charge in [0.05, 0.1) is 25.1 Å². The molecule has 0 radical (unpaired) electrons. The minimum Gasteiger partial charge on any atom is -0.465 e. The Balaban J connectivity index is 1.64. The molecule has 7 heteroatoms. The summed E-state index contributed by atoms with van der Waals surface area (Å²) in [5.74, 6) is -0.283. The van der Waals surface area contributed by atoms with Crippen LogP contribution in [-0.2, 0) is 4.74 Å². The molecule has 0 saturated heterocycles. The standard InChI is InChI=1S/C21H20N4O3/c1-13-4-7-17(10-14(13)2)24-19-12-22-18(11-23-19)20(26)25-16-8-5-15(6-9-16)21(27)28-3/h4-12H,1-3H3,(H,23,24)(H,25,26). The van der Waals surface area contributed by atoms with Gasteiger partial charge < -0.3 is 15.4 Å². The average molecular weight is 376 g/mol. The molecule has 0 aliphatic heterocycles. The van der Waals surface area contributed by atoms with Gasteiger partial charge in [0.2, 0.25) is 0 Å². The van der Waals surface area contributed by atoms with Gasteiger partial charge >= 0.3 is 5.97 Å². The van der Waals surface area contributed by atoms with Crippen LogP contribution in [0.4, 0.5) is 17.2 Å². The van der Waals surface area contributed by atoms with Gasteiger partial charge in [0.15, 0.2) is 0 Å². The van der Waals surface area contributed by atoms with Gasteiger partial charge in [-0.2, -0.15) is 0 Å². The van der Waals surface area contributed by atoms with Crippen molar-refractivity contribution >= 4 is 29.1 Å². The van der Waals surface area contributed by atoms with Gasteiger partial charge in [-0.1, -0.05) is 6.07 Å². The number of anilines is 3. The highest BCUT2D eigenvalue weighted by atomic mass is 16.5. The van der Waals surface area contributed by atoms with Crippen molar-refractivity contribution in [2.75, 3.05) is 17.7 Å². The Kier molecular flexibility index (Phi) is 5.64. The number of benzene rings is 2. The van der Waals surface area contributed by atoms with Crippen molar-refractivity contribution in [3.63, 3.8) is 0 Å². The Morgan fingerprint density at radius 3 is 2.21 bits per heavy atom. The Labute approximate surface area is 162 Å². The van der Waals surface area contributed by atoms with E-state index >= 15 is 0 Å². The van der Waals surface area contributed by atoms with Gasteiger partial charge in [-0.15, -0.1) is 0 Å². The molecule has 0 fully saturated rings. The number of carbonyl (C=O) groups excluding carboxylic acids is 2. The molecule has 7 nitrogen and oxygen atoms in total. The van der Waals surface area contributed by atoms with Crippen molar-refractivity contribution in [2.45, 2.75) is 13.8 Å². The predicted molar refractivity (Wildman–Crippen MR) is 107 cm³/mol. The number of rotatable bonds is 5. The zero-order valence-electron chi connectivity index (χ0n) is 15.8. The van der Waals surface area contributed by atoms with Crippen LogP contribution in [0.25, 0.3) is 0 Å². The maximum atomic E-state index is 12.3. The lowest BCUT2D eigenvalue weighted by atomic mass is 10.1. The Bertz CT molecular complexity index is 999. The minimum absolute atomic E-state index is 0.183. The largest absolute Gasteiger partial charge is 0.465 e. The van der Waals surface area contributed by atoms with E-state index in [9.17, 15) is 9.59 Å². The molecule has 28 heavy (non-hydrogen) atoms. The second kappa shape index (κ2) is 8.30. The summed E-state index contributed by atoms with van der Waals surface area (Å²) in [6.45, 7) is 4.09. The molecule has 3 rings (SSSR count). The van der Waals surface area contributed by atoms with Crippen molar-refractivity contribution in [1.82, 2.24) is 9.97 Å². The highest BCUT2D eigenvalue weighted by Crippen LogP contribution is 2.18. The van der Waals surface area contributed by atoms with Crippen LogP contribution >= 0.6 is 0 Å². The molecule has 0 saturated carbocycles. The molecule has 0 atom stereocenters. The van der Waals surface area contributed by atoms with E-state index in [0.29, 0.717) is 17.1 Å². The zero-order chi connectivity index (χ0) is 20.1. The zero-order valence-corrected chi connectivity index (χ0v) is 15.8. The maximum absolute atomic E-state index is 12.3. The second-order valence-corrected chi connectivity index (χ2v) is 6.23. The predicted octanol–water partition coefficient (Wildman–Crippen LogP) is 3.88. The van der Waals surface area contributed by atoms with Crippen molar-refractivity contribution < 1.29 is 14.3 Å². The van der Waals surface area contributed by atoms with Crippen LogP contribution in [0.15, 0.2) is 54.9 Å². The summed E-state index contributed by atoms with van der Waals surface area (Å²) >= 11 is 0. The summed E-state index contributed by atoms with van der Waals surface area (Å²) in [4.78, 5) is 32.1. The molecule has 3 aromatic rings. The third-order valence-corrected chi connectivity index (χ3v) is 4.23. The van der Waals surface area contributed by atoms with E-state index in [1.54, 1.807) is 24.3 Å². The van der Waals surface area contributed by atoms with Crippen molar-refractivity contribution in [2.24, 2.45) is 0 Å². The number of aryl methyl sites for hydroxylation is 2. The molecule has 1 amide bonds. The Morgan fingerprint density at radius 2 is 1.61 bits per heavy atom. The Hall–Kier alpha value is -3.74. The summed E-state index contributed by atoms with van der Waals surface area (Å²) in [7, 11) is 1.31. The molecule has 0 aliphatic rings. The van der Waals surface area contributed by atoms with E-state index in [1.165, 1.54) is 30.6 Å². The molecule has 1 aromatic heterocycles. The monoisotopic (exact) mass is 376 g/mol. The van der Waals surface area contributed by atoms with Crippen LogP contribution < -0.4 is 10.6 Å². The highest BCUT2D eigenvalue weighted by Gasteiger charge is 2.10. The van der Waals surface area contributed by atoms with E-state index in [2.05, 4.69) is 32.3 Å². The third kappa shape index (κ3) is 4.50. The number of carbonyl (C=O) groups is 2. The lowest BCUT2D eigenvalue weighted by Gasteiger charge is -2.09. The minimum atomic E-state index is -0.435. The van der Waals surface area contributed by atoms with Gasteiger partial charge in [-0.3, -0.25) is 4.79 Å². The van der Waals surface area contributed by atoms with Crippen LogP contribution in [0.2, 0.25) is 0 Å². The quantitative estimate of drug-likeness (QED) is 0.657. The number of aromatic nitrogens is 2. The van der Waals surface area contributed by atoms with Crippen molar-refractivity contribution in [3.05, 3.63) is 77.2 Å². The van der Waals surface area contributed by atoms with E-state index < -0.39 is 11.9 Å². The number of methoxy groups -OCH3 is 1. The topological polar surface area (TPSA) is 93.2 Å². The first kappa shape index (κ1) is 19.0. The number of ether oxygens (including phenoxy) is 1. The van der Waals surface area contributed by atoms with Gasteiger partial charge in [-0.25, -0.2) is 14.8 Å². The summed E-state index contributed by atoms with van der Waals surface area (Å²) in [5.41, 5.74) is 4.41. The molecule has 2 N–H and O–H groups in total. The number of esters is 1. The van der Waals surface area contributed by atoms with Gasteiger partial charge in [0.25, 0.3) is 5.91 Å². The molecule has 142 valence electrons. The molecule has 0 bridgehead atoms. The van der Waals surface area contributed by atoms with E-state index in [4.69, 9.17) is 0 Å². The van der Waals surface area contributed by atoms with Crippen LogP contribution in [0, 0.1) is 13.8 Å². The fourth-order valence-corrected chi connectivity index (χ4v) is 2.48.